The number of aromatic amines is 1. The zero-order chi connectivity index (χ0) is 12.5. The molecule has 2 atom stereocenters. The number of hydrogen-bond donors (Lipinski definition) is 3. The SMILES string of the molecule is Nc1cn[nH]c1C(=O)NC1CCN2CCCC2C1. The molecule has 98 valence electrons. The largest absolute Gasteiger partial charge is 0.396 e. The van der Waals surface area contributed by atoms with Crippen LogP contribution in [0.1, 0.15) is 36.2 Å². The molecular weight excluding hydrogens is 230 g/mol. The number of H-pyrrole nitrogens is 1. The van der Waals surface area contributed by atoms with Gasteiger partial charge in [0.15, 0.2) is 0 Å². The number of aromatic nitrogens is 2. The highest BCUT2D eigenvalue weighted by Crippen LogP contribution is 2.27. The van der Waals surface area contributed by atoms with Gasteiger partial charge in [-0.2, -0.15) is 5.10 Å². The Balaban J connectivity index is 1.60. The summed E-state index contributed by atoms with van der Waals surface area (Å²) in [4.78, 5) is 14.5. The summed E-state index contributed by atoms with van der Waals surface area (Å²) >= 11 is 0. The summed E-state index contributed by atoms with van der Waals surface area (Å²) < 4.78 is 0. The summed E-state index contributed by atoms with van der Waals surface area (Å²) in [5.41, 5.74) is 6.46. The molecule has 0 saturated carbocycles. The molecule has 2 aliphatic rings. The molecule has 0 bridgehead atoms. The van der Waals surface area contributed by atoms with Crippen LogP contribution in [0.15, 0.2) is 6.20 Å². The second kappa shape index (κ2) is 4.61. The first kappa shape index (κ1) is 11.5. The van der Waals surface area contributed by atoms with Crippen molar-refractivity contribution in [2.24, 2.45) is 0 Å². The van der Waals surface area contributed by atoms with Gasteiger partial charge < -0.3 is 16.0 Å². The quantitative estimate of drug-likeness (QED) is 0.705. The summed E-state index contributed by atoms with van der Waals surface area (Å²) in [5, 5.41) is 9.47. The minimum absolute atomic E-state index is 0.138. The van der Waals surface area contributed by atoms with Crippen molar-refractivity contribution >= 4 is 11.6 Å². The lowest BCUT2D eigenvalue weighted by Gasteiger charge is -2.35. The first-order valence-corrected chi connectivity index (χ1v) is 6.58. The van der Waals surface area contributed by atoms with Gasteiger partial charge >= 0.3 is 0 Å². The first-order chi connectivity index (χ1) is 8.74. The Labute approximate surface area is 106 Å². The molecule has 6 nitrogen and oxygen atoms in total. The van der Waals surface area contributed by atoms with E-state index < -0.39 is 0 Å². The highest BCUT2D eigenvalue weighted by Gasteiger charge is 2.32. The number of amides is 1. The van der Waals surface area contributed by atoms with E-state index in [0.717, 1.165) is 19.4 Å². The highest BCUT2D eigenvalue weighted by molar-refractivity contribution is 5.97. The topological polar surface area (TPSA) is 87.0 Å². The molecule has 6 heteroatoms. The molecule has 2 aliphatic heterocycles. The minimum Gasteiger partial charge on any atom is -0.396 e. The number of nitrogen functional groups attached to an aromatic ring is 1. The molecule has 2 fully saturated rings. The van der Waals surface area contributed by atoms with E-state index in [1.54, 1.807) is 0 Å². The van der Waals surface area contributed by atoms with Crippen LogP contribution in [0.5, 0.6) is 0 Å². The minimum atomic E-state index is -0.138. The highest BCUT2D eigenvalue weighted by atomic mass is 16.2. The summed E-state index contributed by atoms with van der Waals surface area (Å²) in [6, 6.07) is 0.919. The van der Waals surface area contributed by atoms with Crippen LogP contribution in [0.4, 0.5) is 5.69 Å². The van der Waals surface area contributed by atoms with E-state index in [-0.39, 0.29) is 11.9 Å². The third-order valence-electron chi connectivity index (χ3n) is 4.05. The van der Waals surface area contributed by atoms with Crippen molar-refractivity contribution in [3.8, 4) is 0 Å². The number of carbonyl (C=O) groups excluding carboxylic acids is 1. The summed E-state index contributed by atoms with van der Waals surface area (Å²) in [6.45, 7) is 2.31. The standard InChI is InChI=1S/C12H19N5O/c13-10-7-14-16-11(10)12(18)15-8-3-5-17-4-1-2-9(17)6-8/h7-9H,1-6,13H2,(H,14,16)(H,15,18). The Morgan fingerprint density at radius 3 is 3.17 bits per heavy atom. The number of nitrogens with two attached hydrogens (primary N) is 1. The molecule has 2 saturated heterocycles. The second-order valence-corrected chi connectivity index (χ2v) is 5.23. The fraction of sp³-hybridized carbons (Fsp3) is 0.667. The van der Waals surface area contributed by atoms with E-state index >= 15 is 0 Å². The fourth-order valence-corrected chi connectivity index (χ4v) is 3.09. The molecule has 0 aliphatic carbocycles. The molecule has 1 aromatic rings. The van der Waals surface area contributed by atoms with E-state index in [0.29, 0.717) is 17.4 Å². The molecule has 0 aromatic carbocycles. The van der Waals surface area contributed by atoms with Gasteiger partial charge in [0.25, 0.3) is 5.91 Å². The average Bonchev–Trinajstić information content (AvgIpc) is 2.96. The molecule has 3 heterocycles. The molecule has 18 heavy (non-hydrogen) atoms. The van der Waals surface area contributed by atoms with Gasteiger partial charge in [-0.05, 0) is 32.2 Å². The van der Waals surface area contributed by atoms with Crippen molar-refractivity contribution in [1.29, 1.82) is 0 Å². The lowest BCUT2D eigenvalue weighted by molar-refractivity contribution is 0.0892. The maximum atomic E-state index is 12.0. The monoisotopic (exact) mass is 249 g/mol. The molecule has 4 N–H and O–H groups in total. The Morgan fingerprint density at radius 2 is 2.39 bits per heavy atom. The van der Waals surface area contributed by atoms with Gasteiger partial charge in [0.2, 0.25) is 0 Å². The van der Waals surface area contributed by atoms with Crippen LogP contribution in [0.2, 0.25) is 0 Å². The lowest BCUT2D eigenvalue weighted by atomic mass is 9.97. The molecule has 1 amide bonds. The van der Waals surface area contributed by atoms with Crippen molar-refractivity contribution in [3.63, 3.8) is 0 Å². The maximum absolute atomic E-state index is 12.0. The second-order valence-electron chi connectivity index (χ2n) is 5.23. The zero-order valence-electron chi connectivity index (χ0n) is 10.4. The summed E-state index contributed by atoms with van der Waals surface area (Å²) in [5.74, 6) is -0.138. The molecular formula is C12H19N5O. The van der Waals surface area contributed by atoms with Crippen molar-refractivity contribution in [1.82, 2.24) is 20.4 Å². The van der Waals surface area contributed by atoms with Gasteiger partial charge in [0.05, 0.1) is 11.9 Å². The Morgan fingerprint density at radius 1 is 1.50 bits per heavy atom. The summed E-state index contributed by atoms with van der Waals surface area (Å²) in [7, 11) is 0. The van der Waals surface area contributed by atoms with Crippen LogP contribution in [0, 0.1) is 0 Å². The van der Waals surface area contributed by atoms with E-state index in [4.69, 9.17) is 5.73 Å². The van der Waals surface area contributed by atoms with Crippen molar-refractivity contribution in [2.45, 2.75) is 37.8 Å². The number of hydrogen-bond acceptors (Lipinski definition) is 4. The number of rotatable bonds is 2. The van der Waals surface area contributed by atoms with Gasteiger partial charge in [-0.3, -0.25) is 9.89 Å². The Bertz CT molecular complexity index is 443. The van der Waals surface area contributed by atoms with Crippen LogP contribution >= 0.6 is 0 Å². The van der Waals surface area contributed by atoms with Crippen molar-refractivity contribution < 1.29 is 4.79 Å². The van der Waals surface area contributed by atoms with Gasteiger partial charge in [0, 0.05) is 18.6 Å². The number of nitrogens with one attached hydrogen (secondary N) is 2. The van der Waals surface area contributed by atoms with Gasteiger partial charge in [0.1, 0.15) is 5.69 Å². The van der Waals surface area contributed by atoms with E-state index in [2.05, 4.69) is 20.4 Å². The number of anilines is 1. The Kier molecular flexibility index (Phi) is 2.95. The van der Waals surface area contributed by atoms with Gasteiger partial charge in [-0.1, -0.05) is 0 Å². The van der Waals surface area contributed by atoms with Crippen LogP contribution in [0.25, 0.3) is 0 Å². The van der Waals surface area contributed by atoms with Crippen molar-refractivity contribution in [2.75, 3.05) is 18.8 Å². The Hall–Kier alpha value is -1.56. The van der Waals surface area contributed by atoms with Gasteiger partial charge in [-0.15, -0.1) is 0 Å². The lowest BCUT2D eigenvalue weighted by Crippen LogP contribution is -2.47. The maximum Gasteiger partial charge on any atom is 0.271 e. The normalized spacial score (nSPS) is 28.0. The predicted molar refractivity (Wildman–Crippen MR) is 68.1 cm³/mol. The molecule has 2 unspecified atom stereocenters. The van der Waals surface area contributed by atoms with E-state index in [9.17, 15) is 4.79 Å². The average molecular weight is 249 g/mol. The van der Waals surface area contributed by atoms with E-state index in [1.807, 2.05) is 0 Å². The van der Waals surface area contributed by atoms with E-state index in [1.165, 1.54) is 25.6 Å². The number of fused-ring (bicyclic) bond motifs is 1. The first-order valence-electron chi connectivity index (χ1n) is 6.58. The third-order valence-corrected chi connectivity index (χ3v) is 4.05. The number of piperidine rings is 1. The molecule has 3 rings (SSSR count). The number of carbonyl (C=O) groups is 1. The van der Waals surface area contributed by atoms with Crippen LogP contribution in [-0.4, -0.2) is 46.2 Å². The summed E-state index contributed by atoms with van der Waals surface area (Å²) in [6.07, 6.45) is 6.10. The van der Waals surface area contributed by atoms with Crippen LogP contribution in [-0.2, 0) is 0 Å². The van der Waals surface area contributed by atoms with Crippen molar-refractivity contribution in [3.05, 3.63) is 11.9 Å². The third kappa shape index (κ3) is 2.08. The molecule has 1 aromatic heterocycles. The molecule has 0 radical (unpaired) electrons. The van der Waals surface area contributed by atoms with Crippen LogP contribution < -0.4 is 11.1 Å². The zero-order valence-corrected chi connectivity index (χ0v) is 10.4. The predicted octanol–water partition coefficient (Wildman–Crippen LogP) is 0.348. The van der Waals surface area contributed by atoms with Gasteiger partial charge in [-0.25, -0.2) is 0 Å². The van der Waals surface area contributed by atoms with Crippen LogP contribution in [0.3, 0.4) is 0 Å². The fourth-order valence-electron chi connectivity index (χ4n) is 3.09. The number of nitrogens with zero attached hydrogens (tertiary/aromatic N) is 2. The smallest absolute Gasteiger partial charge is 0.271 e. The molecule has 0 spiro atoms.